The van der Waals surface area contributed by atoms with Crippen molar-refractivity contribution < 1.29 is 4.79 Å². The molecule has 4 rings (SSSR count). The summed E-state index contributed by atoms with van der Waals surface area (Å²) in [5.41, 5.74) is 1.28. The third-order valence-electron chi connectivity index (χ3n) is 5.33. The van der Waals surface area contributed by atoms with Crippen molar-refractivity contribution in [2.45, 2.75) is 6.92 Å². The molecule has 9 heteroatoms. The number of rotatable bonds is 6. The summed E-state index contributed by atoms with van der Waals surface area (Å²) in [4.78, 5) is 32.7. The Hall–Kier alpha value is -3.04. The highest BCUT2D eigenvalue weighted by Crippen LogP contribution is 2.15. The van der Waals surface area contributed by atoms with Crippen LogP contribution in [0.4, 0.5) is 0 Å². The maximum Gasteiger partial charge on any atom is 0.276 e. The van der Waals surface area contributed by atoms with E-state index in [1.54, 1.807) is 6.20 Å². The smallest absolute Gasteiger partial charge is 0.276 e. The highest BCUT2D eigenvalue weighted by atomic mass is 16.2. The lowest BCUT2D eigenvalue weighted by molar-refractivity contribution is 0.0934. The molecule has 0 aliphatic carbocycles. The summed E-state index contributed by atoms with van der Waals surface area (Å²) < 4.78 is 1.36. The van der Waals surface area contributed by atoms with Gasteiger partial charge in [-0.2, -0.15) is 0 Å². The van der Waals surface area contributed by atoms with E-state index >= 15 is 0 Å². The molecule has 0 radical (unpaired) electrons. The summed E-state index contributed by atoms with van der Waals surface area (Å²) in [6.45, 7) is 8.63. The molecule has 2 aromatic heterocycles. The van der Waals surface area contributed by atoms with Gasteiger partial charge in [0.25, 0.3) is 11.5 Å². The molecule has 1 aromatic carbocycles. The van der Waals surface area contributed by atoms with E-state index in [2.05, 4.69) is 37.3 Å². The number of nitrogens with zero attached hydrogens (tertiary/aromatic N) is 5. The van der Waals surface area contributed by atoms with Crippen molar-refractivity contribution >= 4 is 11.4 Å². The number of H-pyrrole nitrogens is 1. The first-order valence-electron chi connectivity index (χ1n) is 9.92. The fourth-order valence-electron chi connectivity index (χ4n) is 3.59. The molecule has 0 unspecified atom stereocenters. The summed E-state index contributed by atoms with van der Waals surface area (Å²) in [7, 11) is 0. The normalized spacial score (nSPS) is 15.6. The number of benzene rings is 1. The minimum Gasteiger partial charge on any atom is -0.349 e. The molecule has 0 atom stereocenters. The molecule has 1 fully saturated rings. The van der Waals surface area contributed by atoms with E-state index in [4.69, 9.17) is 0 Å². The van der Waals surface area contributed by atoms with Gasteiger partial charge in [0.2, 0.25) is 0 Å². The molecular formula is C20H25N7O2. The Morgan fingerprint density at radius 2 is 1.86 bits per heavy atom. The monoisotopic (exact) mass is 395 g/mol. The van der Waals surface area contributed by atoms with Gasteiger partial charge in [-0.05, 0) is 12.1 Å². The number of likely N-dealkylation sites (N-methyl/N-ethyl adjacent to an activating group) is 1. The molecule has 29 heavy (non-hydrogen) atoms. The summed E-state index contributed by atoms with van der Waals surface area (Å²) >= 11 is 0. The van der Waals surface area contributed by atoms with E-state index in [1.807, 2.05) is 30.3 Å². The number of carbonyl (C=O) groups is 1. The topological polar surface area (TPSA) is 98.6 Å². The van der Waals surface area contributed by atoms with E-state index in [0.717, 1.165) is 44.8 Å². The third-order valence-corrected chi connectivity index (χ3v) is 5.33. The Bertz CT molecular complexity index is 1040. The van der Waals surface area contributed by atoms with Gasteiger partial charge < -0.3 is 15.2 Å². The first-order valence-corrected chi connectivity index (χ1v) is 9.92. The second-order valence-electron chi connectivity index (χ2n) is 7.13. The van der Waals surface area contributed by atoms with Crippen molar-refractivity contribution in [2.24, 2.45) is 0 Å². The van der Waals surface area contributed by atoms with E-state index < -0.39 is 5.56 Å². The molecule has 152 valence electrons. The number of nitrogens with one attached hydrogen (secondary N) is 2. The maximum absolute atomic E-state index is 12.6. The van der Waals surface area contributed by atoms with E-state index in [9.17, 15) is 9.59 Å². The molecule has 0 saturated carbocycles. The number of aromatic amines is 1. The molecule has 1 amide bonds. The van der Waals surface area contributed by atoms with Gasteiger partial charge in [-0.25, -0.2) is 4.52 Å². The molecule has 3 aromatic rings. The molecular weight excluding hydrogens is 370 g/mol. The fourth-order valence-corrected chi connectivity index (χ4v) is 3.59. The third kappa shape index (κ3) is 4.20. The summed E-state index contributed by atoms with van der Waals surface area (Å²) in [5.74, 6) is -0.384. The van der Waals surface area contributed by atoms with Crippen LogP contribution in [0.5, 0.6) is 0 Å². The lowest BCUT2D eigenvalue weighted by Crippen LogP contribution is -2.48. The molecule has 1 aliphatic heterocycles. The highest BCUT2D eigenvalue weighted by molar-refractivity contribution is 5.98. The minimum atomic E-state index is -0.391. The van der Waals surface area contributed by atoms with Crippen molar-refractivity contribution in [3.63, 3.8) is 0 Å². The molecule has 1 saturated heterocycles. The Morgan fingerprint density at radius 1 is 1.14 bits per heavy atom. The van der Waals surface area contributed by atoms with Crippen LogP contribution in [0.25, 0.3) is 16.8 Å². The molecule has 0 spiro atoms. The van der Waals surface area contributed by atoms with Crippen LogP contribution < -0.4 is 10.9 Å². The number of hydrogen-bond donors (Lipinski definition) is 2. The van der Waals surface area contributed by atoms with Crippen LogP contribution in [-0.2, 0) is 0 Å². The maximum atomic E-state index is 12.6. The van der Waals surface area contributed by atoms with Crippen LogP contribution in [0, 0.1) is 0 Å². The predicted molar refractivity (Wildman–Crippen MR) is 110 cm³/mol. The number of aromatic nitrogens is 4. The fraction of sp³-hybridized carbons (Fsp3) is 0.400. The summed E-state index contributed by atoms with van der Waals surface area (Å²) in [5, 5.41) is 10.8. The van der Waals surface area contributed by atoms with Gasteiger partial charge in [0.05, 0.1) is 11.9 Å². The van der Waals surface area contributed by atoms with Gasteiger partial charge in [0.15, 0.2) is 11.2 Å². The highest BCUT2D eigenvalue weighted by Gasteiger charge is 2.20. The number of amides is 1. The Kier molecular flexibility index (Phi) is 5.68. The lowest BCUT2D eigenvalue weighted by atomic mass is 10.2. The Labute approximate surface area is 168 Å². The SMILES string of the molecule is CCN1CCN(CCNC(=O)c2nnn3cc(-c4ccccc4)[nH]c(=O)c23)CC1. The van der Waals surface area contributed by atoms with Crippen LogP contribution in [0.15, 0.2) is 41.3 Å². The summed E-state index contributed by atoms with van der Waals surface area (Å²) in [6.07, 6.45) is 1.67. The largest absolute Gasteiger partial charge is 0.349 e. The first kappa shape index (κ1) is 19.3. The molecule has 3 heterocycles. The molecule has 2 N–H and O–H groups in total. The summed E-state index contributed by atoms with van der Waals surface area (Å²) in [6, 6.07) is 9.46. The second kappa shape index (κ2) is 8.54. The second-order valence-corrected chi connectivity index (χ2v) is 7.13. The van der Waals surface area contributed by atoms with E-state index in [0.29, 0.717) is 12.2 Å². The molecule has 0 bridgehead atoms. The van der Waals surface area contributed by atoms with Crippen LogP contribution >= 0.6 is 0 Å². The average Bonchev–Trinajstić information content (AvgIpc) is 3.19. The van der Waals surface area contributed by atoms with Gasteiger partial charge in [-0.3, -0.25) is 14.5 Å². The van der Waals surface area contributed by atoms with Crippen molar-refractivity contribution in [1.82, 2.24) is 34.9 Å². The predicted octanol–water partition coefficient (Wildman–Crippen LogP) is 0.452. The minimum absolute atomic E-state index is 0.0432. The number of fused-ring (bicyclic) bond motifs is 1. The number of piperazine rings is 1. The zero-order valence-electron chi connectivity index (χ0n) is 16.5. The van der Waals surface area contributed by atoms with Gasteiger partial charge in [-0.1, -0.05) is 42.5 Å². The van der Waals surface area contributed by atoms with Crippen molar-refractivity contribution in [3.05, 3.63) is 52.6 Å². The van der Waals surface area contributed by atoms with Crippen LogP contribution in [0.2, 0.25) is 0 Å². The van der Waals surface area contributed by atoms with E-state index in [-0.39, 0.29) is 17.1 Å². The first-order chi connectivity index (χ1) is 14.2. The average molecular weight is 395 g/mol. The van der Waals surface area contributed by atoms with Gasteiger partial charge >= 0.3 is 0 Å². The van der Waals surface area contributed by atoms with Gasteiger partial charge in [-0.15, -0.1) is 5.10 Å². The molecule has 9 nitrogen and oxygen atoms in total. The zero-order valence-corrected chi connectivity index (χ0v) is 16.5. The zero-order chi connectivity index (χ0) is 20.2. The van der Waals surface area contributed by atoms with Crippen molar-refractivity contribution in [2.75, 3.05) is 45.8 Å². The van der Waals surface area contributed by atoms with Crippen LogP contribution in [0.3, 0.4) is 0 Å². The van der Waals surface area contributed by atoms with Crippen LogP contribution in [-0.4, -0.2) is 81.3 Å². The van der Waals surface area contributed by atoms with Gasteiger partial charge in [0, 0.05) is 39.3 Å². The number of carbonyl (C=O) groups excluding carboxylic acids is 1. The quantitative estimate of drug-likeness (QED) is 0.629. The van der Waals surface area contributed by atoms with E-state index in [1.165, 1.54) is 4.52 Å². The molecule has 1 aliphatic rings. The van der Waals surface area contributed by atoms with Crippen molar-refractivity contribution in [3.8, 4) is 11.3 Å². The van der Waals surface area contributed by atoms with Crippen LogP contribution in [0.1, 0.15) is 17.4 Å². The standard InChI is InChI=1S/C20H25N7O2/c1-2-25-10-12-26(13-11-25)9-8-21-19(28)17-18-20(29)22-16(14-27(18)24-23-17)15-6-4-3-5-7-15/h3-7,14H,2,8-13H2,1H3,(H,21,28)(H,22,29). The van der Waals surface area contributed by atoms with Crippen molar-refractivity contribution in [1.29, 1.82) is 0 Å². The lowest BCUT2D eigenvalue weighted by Gasteiger charge is -2.33. The number of hydrogen-bond acceptors (Lipinski definition) is 6. The van der Waals surface area contributed by atoms with Gasteiger partial charge in [0.1, 0.15) is 0 Å². The Morgan fingerprint density at radius 3 is 2.59 bits per heavy atom. The Balaban J connectivity index is 1.43.